The van der Waals surface area contributed by atoms with Gasteiger partial charge in [-0.1, -0.05) is 59.9 Å². The quantitative estimate of drug-likeness (QED) is 0.365. The van der Waals surface area contributed by atoms with E-state index >= 15 is 0 Å². The van der Waals surface area contributed by atoms with E-state index in [1.54, 1.807) is 24.4 Å². The molecule has 0 amide bonds. The third kappa shape index (κ3) is 4.51. The Labute approximate surface area is 193 Å². The minimum atomic E-state index is -0.301. The Morgan fingerprint density at radius 1 is 0.970 bits per heavy atom. The second-order valence-electron chi connectivity index (χ2n) is 7.61. The molecule has 0 N–H and O–H groups in total. The lowest BCUT2D eigenvalue weighted by Gasteiger charge is -2.11. The topological polar surface area (TPSA) is 69.4 Å². The summed E-state index contributed by atoms with van der Waals surface area (Å²) in [7, 11) is 0. The molecule has 0 atom stereocenters. The van der Waals surface area contributed by atoms with Crippen LogP contribution >= 0.6 is 11.3 Å². The number of nitrogens with zero attached hydrogens (tertiary/aromatic N) is 4. The first-order valence-corrected chi connectivity index (χ1v) is 11.2. The third-order valence-electron chi connectivity index (χ3n) is 5.09. The Morgan fingerprint density at radius 2 is 1.76 bits per heavy atom. The van der Waals surface area contributed by atoms with Crippen LogP contribution in [-0.4, -0.2) is 19.6 Å². The molecule has 5 rings (SSSR count). The zero-order valence-electron chi connectivity index (χ0n) is 17.7. The maximum Gasteiger partial charge on any atom is 0.301 e. The first kappa shape index (κ1) is 21.0. The third-order valence-corrected chi connectivity index (χ3v) is 6.02. The Hall–Kier alpha value is -3.91. The van der Waals surface area contributed by atoms with Gasteiger partial charge in [0.2, 0.25) is 5.75 Å². The molecule has 0 radical (unpaired) electrons. The second kappa shape index (κ2) is 8.91. The molecule has 0 aliphatic carbocycles. The van der Waals surface area contributed by atoms with E-state index in [1.807, 2.05) is 43.3 Å². The molecule has 6 nitrogen and oxygen atoms in total. The Bertz CT molecular complexity index is 1480. The highest BCUT2D eigenvalue weighted by molar-refractivity contribution is 7.14. The van der Waals surface area contributed by atoms with Crippen molar-refractivity contribution in [2.75, 3.05) is 0 Å². The predicted octanol–water partition coefficient (Wildman–Crippen LogP) is 4.83. The van der Waals surface area contributed by atoms with Crippen molar-refractivity contribution < 1.29 is 9.13 Å². The molecular weight excluding hydrogens is 439 g/mol. The van der Waals surface area contributed by atoms with Crippen LogP contribution in [0.4, 0.5) is 4.39 Å². The van der Waals surface area contributed by atoms with Crippen molar-refractivity contribution in [2.24, 2.45) is 0 Å². The van der Waals surface area contributed by atoms with Crippen LogP contribution in [0.3, 0.4) is 0 Å². The van der Waals surface area contributed by atoms with Crippen molar-refractivity contribution in [3.8, 4) is 16.5 Å². The van der Waals surface area contributed by atoms with Crippen molar-refractivity contribution in [2.45, 2.75) is 20.0 Å². The van der Waals surface area contributed by atoms with Crippen LogP contribution in [0.2, 0.25) is 0 Å². The summed E-state index contributed by atoms with van der Waals surface area (Å²) in [6.45, 7) is 2.14. The summed E-state index contributed by atoms with van der Waals surface area (Å²) in [5, 5.41) is 9.78. The summed E-state index contributed by atoms with van der Waals surface area (Å²) in [5.41, 5.74) is 3.36. The number of aryl methyl sites for hydroxylation is 1. The number of hydrogen-bond donors (Lipinski definition) is 0. The lowest BCUT2D eigenvalue weighted by atomic mass is 10.2. The molecule has 33 heavy (non-hydrogen) atoms. The maximum absolute atomic E-state index is 13.3. The summed E-state index contributed by atoms with van der Waals surface area (Å²) in [6, 6.07) is 19.6. The standard InChI is InChI=1S/C25H19FN4O2S/c1-16-7-12-20-27-22(24-29-28-21(33-24)13-17-8-10-19(26)11-9-17)23(25(31)30(20)14-16)32-15-18-5-3-2-4-6-18/h2-12,14H,13,15H2,1H3. The smallest absolute Gasteiger partial charge is 0.301 e. The number of fused-ring (bicyclic) bond motifs is 1. The van der Waals surface area contributed by atoms with Gasteiger partial charge < -0.3 is 4.74 Å². The first-order chi connectivity index (χ1) is 16.1. The SMILES string of the molecule is Cc1ccc2nc(-c3nnc(Cc4ccc(F)cc4)s3)c(OCc3ccccc3)c(=O)n2c1. The summed E-state index contributed by atoms with van der Waals surface area (Å²) >= 11 is 1.33. The largest absolute Gasteiger partial charge is 0.481 e. The van der Waals surface area contributed by atoms with E-state index in [2.05, 4.69) is 15.2 Å². The number of pyridine rings is 1. The van der Waals surface area contributed by atoms with Crippen molar-refractivity contribution in [3.05, 3.63) is 111 Å². The Balaban J connectivity index is 1.54. The fourth-order valence-corrected chi connectivity index (χ4v) is 4.29. The van der Waals surface area contributed by atoms with E-state index in [9.17, 15) is 9.18 Å². The Morgan fingerprint density at radius 3 is 2.55 bits per heavy atom. The minimum absolute atomic E-state index is 0.131. The number of ether oxygens (including phenoxy) is 1. The van der Waals surface area contributed by atoms with Crippen molar-refractivity contribution >= 4 is 17.0 Å². The van der Waals surface area contributed by atoms with Crippen molar-refractivity contribution in [1.29, 1.82) is 0 Å². The van der Waals surface area contributed by atoms with E-state index in [4.69, 9.17) is 4.74 Å². The van der Waals surface area contributed by atoms with Gasteiger partial charge in [-0.05, 0) is 41.8 Å². The molecule has 2 aromatic carbocycles. The lowest BCUT2D eigenvalue weighted by Crippen LogP contribution is -2.19. The average Bonchev–Trinajstić information content (AvgIpc) is 3.29. The predicted molar refractivity (Wildman–Crippen MR) is 125 cm³/mol. The van der Waals surface area contributed by atoms with Gasteiger partial charge in [-0.2, -0.15) is 0 Å². The van der Waals surface area contributed by atoms with E-state index in [0.717, 1.165) is 21.7 Å². The second-order valence-corrected chi connectivity index (χ2v) is 8.67. The molecule has 3 heterocycles. The highest BCUT2D eigenvalue weighted by Crippen LogP contribution is 2.30. The van der Waals surface area contributed by atoms with Crippen LogP contribution in [0.5, 0.6) is 5.75 Å². The number of hydrogen-bond acceptors (Lipinski definition) is 6. The highest BCUT2D eigenvalue weighted by Gasteiger charge is 2.20. The normalized spacial score (nSPS) is 11.1. The van der Waals surface area contributed by atoms with Crippen LogP contribution in [0.25, 0.3) is 16.3 Å². The molecule has 0 aliphatic rings. The maximum atomic E-state index is 13.3. The summed E-state index contributed by atoms with van der Waals surface area (Å²) < 4.78 is 20.7. The average molecular weight is 459 g/mol. The summed E-state index contributed by atoms with van der Waals surface area (Å²) in [6.07, 6.45) is 2.24. The van der Waals surface area contributed by atoms with Crippen molar-refractivity contribution in [3.63, 3.8) is 0 Å². The molecule has 0 saturated heterocycles. The molecule has 0 aliphatic heterocycles. The van der Waals surface area contributed by atoms with E-state index in [-0.39, 0.29) is 23.7 Å². The fraction of sp³-hybridized carbons (Fsp3) is 0.120. The Kier molecular flexibility index (Phi) is 5.66. The van der Waals surface area contributed by atoms with Crippen LogP contribution in [0.1, 0.15) is 21.7 Å². The monoisotopic (exact) mass is 458 g/mol. The molecule has 0 bridgehead atoms. The highest BCUT2D eigenvalue weighted by atomic mass is 32.1. The van der Waals surface area contributed by atoms with Gasteiger partial charge in [0.05, 0.1) is 0 Å². The van der Waals surface area contributed by atoms with Gasteiger partial charge in [0, 0.05) is 12.6 Å². The van der Waals surface area contributed by atoms with E-state index < -0.39 is 0 Å². The molecule has 3 aromatic heterocycles. The number of halogens is 1. The van der Waals surface area contributed by atoms with E-state index in [0.29, 0.717) is 22.8 Å². The zero-order chi connectivity index (χ0) is 22.8. The van der Waals surface area contributed by atoms with Gasteiger partial charge >= 0.3 is 5.56 Å². The molecule has 164 valence electrons. The summed E-state index contributed by atoms with van der Waals surface area (Å²) in [5.74, 6) is -0.153. The minimum Gasteiger partial charge on any atom is -0.481 e. The fourth-order valence-electron chi connectivity index (χ4n) is 3.43. The van der Waals surface area contributed by atoms with Gasteiger partial charge in [0.15, 0.2) is 10.7 Å². The molecule has 0 spiro atoms. The van der Waals surface area contributed by atoms with Gasteiger partial charge in [-0.15, -0.1) is 10.2 Å². The van der Waals surface area contributed by atoms with Crippen molar-refractivity contribution in [1.82, 2.24) is 19.6 Å². The molecular formula is C25H19FN4O2S. The van der Waals surface area contributed by atoms with Gasteiger partial charge in [0.1, 0.15) is 23.1 Å². The summed E-state index contributed by atoms with van der Waals surface area (Å²) in [4.78, 5) is 18.0. The van der Waals surface area contributed by atoms with Crippen LogP contribution < -0.4 is 10.3 Å². The van der Waals surface area contributed by atoms with Gasteiger partial charge in [-0.3, -0.25) is 9.20 Å². The zero-order valence-corrected chi connectivity index (χ0v) is 18.6. The number of rotatable bonds is 6. The van der Waals surface area contributed by atoms with Crippen LogP contribution in [0, 0.1) is 12.7 Å². The van der Waals surface area contributed by atoms with Gasteiger partial charge in [0.25, 0.3) is 0 Å². The molecule has 0 unspecified atom stereocenters. The molecule has 0 fully saturated rings. The first-order valence-electron chi connectivity index (χ1n) is 10.3. The molecule has 5 aromatic rings. The van der Waals surface area contributed by atoms with Crippen LogP contribution in [-0.2, 0) is 13.0 Å². The lowest BCUT2D eigenvalue weighted by molar-refractivity contribution is 0.301. The van der Waals surface area contributed by atoms with Crippen LogP contribution in [0.15, 0.2) is 77.7 Å². The van der Waals surface area contributed by atoms with E-state index in [1.165, 1.54) is 27.9 Å². The molecule has 0 saturated carbocycles. The number of benzene rings is 2. The number of aromatic nitrogens is 4. The van der Waals surface area contributed by atoms with Gasteiger partial charge in [-0.25, -0.2) is 9.37 Å². The molecule has 8 heteroatoms.